The van der Waals surface area contributed by atoms with Gasteiger partial charge in [0.05, 0.1) is 5.39 Å². The van der Waals surface area contributed by atoms with Crippen molar-refractivity contribution in [2.45, 2.75) is 50.6 Å². The van der Waals surface area contributed by atoms with Crippen molar-refractivity contribution >= 4 is 43.4 Å². The van der Waals surface area contributed by atoms with Crippen molar-refractivity contribution in [3.63, 3.8) is 0 Å². The van der Waals surface area contributed by atoms with E-state index in [1.54, 1.807) is 17.7 Å². The van der Waals surface area contributed by atoms with Crippen LogP contribution in [0, 0.1) is 0 Å². The van der Waals surface area contributed by atoms with Gasteiger partial charge in [-0.3, -0.25) is 4.79 Å². The minimum Gasteiger partial charge on any atom is -0.370 e. The van der Waals surface area contributed by atoms with Gasteiger partial charge in [0.15, 0.2) is 0 Å². The summed E-state index contributed by atoms with van der Waals surface area (Å²) in [5, 5.41) is 5.94. The number of primary amides is 1. The van der Waals surface area contributed by atoms with Crippen LogP contribution in [-0.4, -0.2) is 47.0 Å². The summed E-state index contributed by atoms with van der Waals surface area (Å²) in [7, 11) is 4.33. The van der Waals surface area contributed by atoms with E-state index in [0.717, 1.165) is 39.8 Å². The summed E-state index contributed by atoms with van der Waals surface area (Å²) in [4.78, 5) is 23.7. The van der Waals surface area contributed by atoms with Gasteiger partial charge in [0, 0.05) is 28.6 Å². The van der Waals surface area contributed by atoms with Gasteiger partial charge in [0.25, 0.3) is 0 Å². The molecule has 1 aliphatic carbocycles. The van der Waals surface area contributed by atoms with Gasteiger partial charge in [-0.05, 0) is 57.8 Å². The number of thiophene rings is 1. The van der Waals surface area contributed by atoms with Gasteiger partial charge >= 0.3 is 0 Å². The summed E-state index contributed by atoms with van der Waals surface area (Å²) < 4.78 is 1.18. The molecular weight excluding hydrogens is 370 g/mol. The van der Waals surface area contributed by atoms with Gasteiger partial charge in [-0.1, -0.05) is 12.1 Å². The number of hydrogen-bond acceptors (Lipinski definition) is 6. The Bertz CT molecular complexity index is 991. The molecule has 2 heterocycles. The molecule has 4 rings (SSSR count). The first kappa shape index (κ1) is 19.1. The summed E-state index contributed by atoms with van der Waals surface area (Å²) in [5.41, 5.74) is 6.52. The molecule has 0 unspecified atom stereocenters. The van der Waals surface area contributed by atoms with Crippen molar-refractivity contribution in [2.24, 2.45) is 5.73 Å². The SMILES string of the molecule is CN(C)[C@H]1CC[C@H](Nc2ncnc3sc4cccc(CCC(N)=O)c4c23)CC1. The van der Waals surface area contributed by atoms with Crippen molar-refractivity contribution < 1.29 is 4.79 Å². The number of anilines is 1. The highest BCUT2D eigenvalue weighted by Crippen LogP contribution is 2.39. The summed E-state index contributed by atoms with van der Waals surface area (Å²) in [6.07, 6.45) is 7.33. The average molecular weight is 398 g/mol. The minimum absolute atomic E-state index is 0.274. The number of rotatable bonds is 6. The van der Waals surface area contributed by atoms with Crippen LogP contribution in [0.4, 0.5) is 5.82 Å². The highest BCUT2D eigenvalue weighted by atomic mass is 32.1. The Hall–Kier alpha value is -2.25. The lowest BCUT2D eigenvalue weighted by molar-refractivity contribution is -0.117. The predicted molar refractivity (Wildman–Crippen MR) is 116 cm³/mol. The van der Waals surface area contributed by atoms with Crippen LogP contribution in [0.3, 0.4) is 0 Å². The first-order valence-electron chi connectivity index (χ1n) is 9.89. The van der Waals surface area contributed by atoms with E-state index >= 15 is 0 Å². The number of carbonyl (C=O) groups excluding carboxylic acids is 1. The molecule has 1 aliphatic rings. The van der Waals surface area contributed by atoms with Crippen LogP contribution in [0.2, 0.25) is 0 Å². The number of aromatic nitrogens is 2. The Balaban J connectivity index is 1.67. The zero-order valence-electron chi connectivity index (χ0n) is 16.4. The van der Waals surface area contributed by atoms with Crippen LogP contribution < -0.4 is 11.1 Å². The van der Waals surface area contributed by atoms with Crippen LogP contribution in [0.1, 0.15) is 37.7 Å². The quantitative estimate of drug-likeness (QED) is 0.664. The smallest absolute Gasteiger partial charge is 0.217 e. The third-order valence-electron chi connectivity index (χ3n) is 5.79. The van der Waals surface area contributed by atoms with Crippen molar-refractivity contribution in [3.05, 3.63) is 30.1 Å². The van der Waals surface area contributed by atoms with Crippen LogP contribution >= 0.6 is 11.3 Å². The van der Waals surface area contributed by atoms with Gasteiger partial charge in [-0.2, -0.15) is 0 Å². The molecule has 3 N–H and O–H groups in total. The van der Waals surface area contributed by atoms with Crippen molar-refractivity contribution in [1.82, 2.24) is 14.9 Å². The van der Waals surface area contributed by atoms with Crippen LogP contribution in [0.25, 0.3) is 20.3 Å². The highest BCUT2D eigenvalue weighted by Gasteiger charge is 2.24. The molecule has 1 saturated carbocycles. The second-order valence-electron chi connectivity index (χ2n) is 7.87. The molecule has 148 valence electrons. The molecular formula is C21H27N5OS. The third kappa shape index (κ3) is 3.82. The molecule has 3 aromatic rings. The van der Waals surface area contributed by atoms with E-state index in [0.29, 0.717) is 24.9 Å². The van der Waals surface area contributed by atoms with Gasteiger partial charge in [-0.25, -0.2) is 9.97 Å². The standard InChI is InChI=1S/C21H27N5OS/c1-26(2)15-9-7-14(8-10-15)25-20-19-18-13(6-11-17(22)27)4-3-5-16(18)28-21(19)24-12-23-20/h3-5,12,14-15H,6-11H2,1-2H3,(H2,22,27)(H,23,24,25)/t14-,15-. The number of fused-ring (bicyclic) bond motifs is 3. The molecule has 0 aliphatic heterocycles. The van der Waals surface area contributed by atoms with Crippen LogP contribution in [0.15, 0.2) is 24.5 Å². The maximum atomic E-state index is 11.3. The lowest BCUT2D eigenvalue weighted by Crippen LogP contribution is -2.36. The molecule has 28 heavy (non-hydrogen) atoms. The fraction of sp³-hybridized carbons (Fsp3) is 0.476. The van der Waals surface area contributed by atoms with Crippen LogP contribution in [-0.2, 0) is 11.2 Å². The van der Waals surface area contributed by atoms with E-state index in [1.807, 2.05) is 6.07 Å². The largest absolute Gasteiger partial charge is 0.370 e. The van der Waals surface area contributed by atoms with E-state index in [2.05, 4.69) is 46.4 Å². The van der Waals surface area contributed by atoms with Gasteiger partial charge in [0.2, 0.25) is 5.91 Å². The summed E-state index contributed by atoms with van der Waals surface area (Å²) >= 11 is 1.68. The Labute approximate surface area is 169 Å². The third-order valence-corrected chi connectivity index (χ3v) is 6.85. The van der Waals surface area contributed by atoms with Crippen molar-refractivity contribution in [3.8, 4) is 0 Å². The molecule has 0 spiro atoms. The van der Waals surface area contributed by atoms with E-state index in [4.69, 9.17) is 5.73 Å². The number of nitrogens with zero attached hydrogens (tertiary/aromatic N) is 3. The fourth-order valence-corrected chi connectivity index (χ4v) is 5.32. The topological polar surface area (TPSA) is 84.1 Å². The zero-order chi connectivity index (χ0) is 19.7. The van der Waals surface area contributed by atoms with E-state index < -0.39 is 0 Å². The molecule has 1 amide bonds. The normalized spacial score (nSPS) is 20.1. The first-order valence-corrected chi connectivity index (χ1v) is 10.7. The molecule has 1 fully saturated rings. The second kappa shape index (κ2) is 8.01. The Morgan fingerprint density at radius 3 is 2.71 bits per heavy atom. The average Bonchev–Trinajstić information content (AvgIpc) is 3.07. The summed E-state index contributed by atoms with van der Waals surface area (Å²) in [6, 6.07) is 7.34. The number of benzene rings is 1. The Morgan fingerprint density at radius 1 is 1.21 bits per heavy atom. The molecule has 7 heteroatoms. The fourth-order valence-electron chi connectivity index (χ4n) is 4.23. The predicted octanol–water partition coefficient (Wildman–Crippen LogP) is 3.55. The Kier molecular flexibility index (Phi) is 5.46. The number of amides is 1. The molecule has 0 atom stereocenters. The van der Waals surface area contributed by atoms with E-state index in [9.17, 15) is 4.79 Å². The summed E-state index contributed by atoms with van der Waals surface area (Å²) in [6.45, 7) is 0. The minimum atomic E-state index is -0.274. The second-order valence-corrected chi connectivity index (χ2v) is 8.91. The molecule has 0 radical (unpaired) electrons. The number of nitrogens with one attached hydrogen (secondary N) is 1. The van der Waals surface area contributed by atoms with Crippen LogP contribution in [0.5, 0.6) is 0 Å². The van der Waals surface area contributed by atoms with Gasteiger partial charge in [0.1, 0.15) is 17.0 Å². The maximum Gasteiger partial charge on any atom is 0.217 e. The van der Waals surface area contributed by atoms with Crippen molar-refractivity contribution in [1.29, 1.82) is 0 Å². The molecule has 0 saturated heterocycles. The number of aryl methyl sites for hydroxylation is 1. The molecule has 2 aromatic heterocycles. The maximum absolute atomic E-state index is 11.3. The molecule has 6 nitrogen and oxygen atoms in total. The number of hydrogen-bond donors (Lipinski definition) is 2. The lowest BCUT2D eigenvalue weighted by atomic mass is 9.90. The highest BCUT2D eigenvalue weighted by molar-refractivity contribution is 7.25. The van der Waals surface area contributed by atoms with E-state index in [-0.39, 0.29) is 5.91 Å². The van der Waals surface area contributed by atoms with E-state index in [1.165, 1.54) is 17.5 Å². The number of carbonyl (C=O) groups is 1. The number of nitrogens with two attached hydrogens (primary N) is 1. The monoisotopic (exact) mass is 397 g/mol. The van der Waals surface area contributed by atoms with Gasteiger partial charge < -0.3 is 16.0 Å². The van der Waals surface area contributed by atoms with Crippen molar-refractivity contribution in [2.75, 3.05) is 19.4 Å². The molecule has 1 aromatic carbocycles. The first-order chi connectivity index (χ1) is 13.5. The molecule has 0 bridgehead atoms. The summed E-state index contributed by atoms with van der Waals surface area (Å²) in [5.74, 6) is 0.639. The lowest BCUT2D eigenvalue weighted by Gasteiger charge is -2.33. The van der Waals surface area contributed by atoms with Gasteiger partial charge in [-0.15, -0.1) is 11.3 Å². The zero-order valence-corrected chi connectivity index (χ0v) is 17.3. The Morgan fingerprint density at radius 2 is 2.00 bits per heavy atom.